The Morgan fingerprint density at radius 1 is 0.950 bits per heavy atom. The first kappa shape index (κ1) is 16.3. The van der Waals surface area contributed by atoms with E-state index in [1.165, 1.54) is 51.4 Å². The van der Waals surface area contributed by atoms with Crippen LogP contribution < -0.4 is 5.32 Å². The van der Waals surface area contributed by atoms with Crippen LogP contribution in [-0.2, 0) is 0 Å². The smallest absolute Gasteiger partial charge is 0.0613 e. The van der Waals surface area contributed by atoms with Gasteiger partial charge in [-0.15, -0.1) is 0 Å². The second-order valence-corrected chi connectivity index (χ2v) is 7.10. The van der Waals surface area contributed by atoms with Crippen molar-refractivity contribution in [3.8, 4) is 0 Å². The van der Waals surface area contributed by atoms with Gasteiger partial charge in [-0.3, -0.25) is 0 Å². The van der Waals surface area contributed by atoms with Crippen LogP contribution >= 0.6 is 0 Å². The number of hydrogen-bond acceptors (Lipinski definition) is 3. The summed E-state index contributed by atoms with van der Waals surface area (Å²) in [4.78, 5) is 2.44. The van der Waals surface area contributed by atoms with Gasteiger partial charge in [0.05, 0.1) is 6.61 Å². The Morgan fingerprint density at radius 3 is 2.05 bits per heavy atom. The first-order chi connectivity index (χ1) is 9.67. The summed E-state index contributed by atoms with van der Waals surface area (Å²) < 4.78 is 0. The molecule has 0 amide bonds. The number of nitrogens with one attached hydrogen (secondary N) is 1. The Labute approximate surface area is 125 Å². The zero-order chi connectivity index (χ0) is 14.5. The molecule has 0 bridgehead atoms. The fourth-order valence-corrected chi connectivity index (χ4v) is 4.29. The van der Waals surface area contributed by atoms with Gasteiger partial charge in [-0.1, -0.05) is 26.7 Å². The van der Waals surface area contributed by atoms with Gasteiger partial charge in [0.15, 0.2) is 0 Å². The Morgan fingerprint density at radius 2 is 1.55 bits per heavy atom. The molecule has 1 spiro atoms. The second-order valence-electron chi connectivity index (χ2n) is 7.10. The van der Waals surface area contributed by atoms with Crippen LogP contribution in [0.3, 0.4) is 0 Å². The molecule has 2 fully saturated rings. The van der Waals surface area contributed by atoms with Crippen LogP contribution in [0.1, 0.15) is 65.2 Å². The van der Waals surface area contributed by atoms with Crippen LogP contribution in [0.2, 0.25) is 0 Å². The van der Waals surface area contributed by atoms with Gasteiger partial charge >= 0.3 is 0 Å². The summed E-state index contributed by atoms with van der Waals surface area (Å²) in [7, 11) is 0. The molecular formula is C17H34N2O. The maximum atomic E-state index is 9.88. The van der Waals surface area contributed by atoms with E-state index in [-0.39, 0.29) is 5.54 Å². The average Bonchev–Trinajstić information content (AvgIpc) is 2.95. The fraction of sp³-hybridized carbons (Fsp3) is 1.00. The first-order valence-electron chi connectivity index (χ1n) is 8.76. The third-order valence-electron chi connectivity index (χ3n) is 6.06. The molecule has 0 aromatic heterocycles. The summed E-state index contributed by atoms with van der Waals surface area (Å²) in [5, 5.41) is 13.6. The summed E-state index contributed by atoms with van der Waals surface area (Å²) >= 11 is 0. The molecule has 2 rings (SSSR count). The lowest BCUT2D eigenvalue weighted by Gasteiger charge is -2.45. The molecule has 20 heavy (non-hydrogen) atoms. The molecule has 3 nitrogen and oxygen atoms in total. The van der Waals surface area contributed by atoms with Gasteiger partial charge < -0.3 is 15.3 Å². The minimum absolute atomic E-state index is 0.0149. The Hall–Kier alpha value is -0.120. The largest absolute Gasteiger partial charge is 0.394 e. The van der Waals surface area contributed by atoms with Gasteiger partial charge in [-0.25, -0.2) is 0 Å². The molecule has 0 unspecified atom stereocenters. The number of hydrogen-bond donors (Lipinski definition) is 2. The quantitative estimate of drug-likeness (QED) is 0.754. The number of aliphatic hydroxyl groups is 1. The highest BCUT2D eigenvalue weighted by Gasteiger charge is 2.43. The van der Waals surface area contributed by atoms with Crippen molar-refractivity contribution < 1.29 is 5.11 Å². The first-order valence-corrected chi connectivity index (χ1v) is 8.76. The maximum Gasteiger partial charge on any atom is 0.0613 e. The highest BCUT2D eigenvalue weighted by atomic mass is 16.3. The molecule has 0 radical (unpaired) electrons. The van der Waals surface area contributed by atoms with E-state index in [1.807, 2.05) is 0 Å². The van der Waals surface area contributed by atoms with Crippen molar-refractivity contribution in [3.05, 3.63) is 0 Å². The van der Waals surface area contributed by atoms with E-state index in [0.29, 0.717) is 12.0 Å². The van der Waals surface area contributed by atoms with Crippen molar-refractivity contribution in [2.75, 3.05) is 32.8 Å². The lowest BCUT2D eigenvalue weighted by molar-refractivity contribution is 0.0610. The van der Waals surface area contributed by atoms with Crippen molar-refractivity contribution in [2.24, 2.45) is 5.41 Å². The predicted molar refractivity (Wildman–Crippen MR) is 85.0 cm³/mol. The number of likely N-dealkylation sites (N-methyl/N-ethyl adjacent to an activating group) is 1. The molecule has 2 aliphatic carbocycles. The summed E-state index contributed by atoms with van der Waals surface area (Å²) in [6, 6.07) is 0. The van der Waals surface area contributed by atoms with Crippen molar-refractivity contribution in [3.63, 3.8) is 0 Å². The molecule has 0 atom stereocenters. The second kappa shape index (κ2) is 7.24. The predicted octanol–water partition coefficient (Wildman–Crippen LogP) is 2.78. The molecule has 0 aromatic rings. The standard InChI is InChI=1S/C17H34N2O/c1-3-19(4-2)14-13-18-17(15-20)11-9-16(10-12-17)7-5-6-8-16/h18,20H,3-15H2,1-2H3. The molecule has 0 heterocycles. The fourth-order valence-electron chi connectivity index (χ4n) is 4.29. The topological polar surface area (TPSA) is 35.5 Å². The van der Waals surface area contributed by atoms with Crippen molar-refractivity contribution in [1.82, 2.24) is 10.2 Å². The highest BCUT2D eigenvalue weighted by Crippen LogP contribution is 2.51. The molecule has 2 aliphatic rings. The third kappa shape index (κ3) is 3.75. The SMILES string of the molecule is CCN(CC)CCNC1(CO)CCC2(CCCC2)CC1. The van der Waals surface area contributed by atoms with Gasteiger partial charge in [0, 0.05) is 18.6 Å². The molecule has 3 heteroatoms. The van der Waals surface area contributed by atoms with Crippen LogP contribution in [0, 0.1) is 5.41 Å². The van der Waals surface area contributed by atoms with Crippen LogP contribution in [0.4, 0.5) is 0 Å². The summed E-state index contributed by atoms with van der Waals surface area (Å²) in [6.07, 6.45) is 10.7. The van der Waals surface area contributed by atoms with Crippen LogP contribution in [-0.4, -0.2) is 48.3 Å². The molecule has 2 saturated carbocycles. The zero-order valence-electron chi connectivity index (χ0n) is 13.6. The van der Waals surface area contributed by atoms with Crippen LogP contribution in [0.25, 0.3) is 0 Å². The molecular weight excluding hydrogens is 248 g/mol. The lowest BCUT2D eigenvalue weighted by Crippen LogP contribution is -2.54. The minimum atomic E-state index is 0.0149. The molecule has 0 aromatic carbocycles. The lowest BCUT2D eigenvalue weighted by atomic mass is 9.66. The normalized spacial score (nSPS) is 24.6. The van der Waals surface area contributed by atoms with Crippen molar-refractivity contribution in [2.45, 2.75) is 70.8 Å². The van der Waals surface area contributed by atoms with E-state index in [2.05, 4.69) is 24.1 Å². The highest BCUT2D eigenvalue weighted by molar-refractivity contribution is 4.99. The van der Waals surface area contributed by atoms with E-state index in [9.17, 15) is 5.11 Å². The number of aliphatic hydroxyl groups excluding tert-OH is 1. The van der Waals surface area contributed by atoms with Crippen molar-refractivity contribution >= 4 is 0 Å². The molecule has 118 valence electrons. The molecule has 2 N–H and O–H groups in total. The third-order valence-corrected chi connectivity index (χ3v) is 6.06. The molecule has 0 saturated heterocycles. The Balaban J connectivity index is 1.79. The van der Waals surface area contributed by atoms with E-state index >= 15 is 0 Å². The van der Waals surface area contributed by atoms with E-state index in [1.54, 1.807) is 0 Å². The monoisotopic (exact) mass is 282 g/mol. The Bertz CT molecular complexity index is 273. The number of nitrogens with zero attached hydrogens (tertiary/aromatic N) is 1. The number of rotatable bonds is 7. The van der Waals surface area contributed by atoms with E-state index in [4.69, 9.17) is 0 Å². The van der Waals surface area contributed by atoms with Gasteiger partial charge in [0.1, 0.15) is 0 Å². The van der Waals surface area contributed by atoms with Gasteiger partial charge in [-0.05, 0) is 57.0 Å². The summed E-state index contributed by atoms with van der Waals surface area (Å²) in [6.45, 7) is 9.09. The van der Waals surface area contributed by atoms with E-state index < -0.39 is 0 Å². The minimum Gasteiger partial charge on any atom is -0.394 e. The average molecular weight is 282 g/mol. The van der Waals surface area contributed by atoms with Gasteiger partial charge in [-0.2, -0.15) is 0 Å². The maximum absolute atomic E-state index is 9.88. The van der Waals surface area contributed by atoms with Gasteiger partial charge in [0.2, 0.25) is 0 Å². The van der Waals surface area contributed by atoms with Crippen LogP contribution in [0.5, 0.6) is 0 Å². The van der Waals surface area contributed by atoms with E-state index in [0.717, 1.165) is 26.2 Å². The van der Waals surface area contributed by atoms with Crippen molar-refractivity contribution in [1.29, 1.82) is 0 Å². The van der Waals surface area contributed by atoms with Crippen LogP contribution in [0.15, 0.2) is 0 Å². The summed E-state index contributed by atoms with van der Waals surface area (Å²) in [5.41, 5.74) is 0.667. The summed E-state index contributed by atoms with van der Waals surface area (Å²) in [5.74, 6) is 0. The Kier molecular flexibility index (Phi) is 5.88. The van der Waals surface area contributed by atoms with Gasteiger partial charge in [0.25, 0.3) is 0 Å². The molecule has 0 aliphatic heterocycles. The zero-order valence-corrected chi connectivity index (χ0v) is 13.6.